The number of ketones is 1. The van der Waals surface area contributed by atoms with Crippen molar-refractivity contribution in [1.82, 2.24) is 0 Å². The Morgan fingerprint density at radius 1 is 0.500 bits per heavy atom. The number of carboxylic acids is 1. The Morgan fingerprint density at radius 3 is 1.29 bits per heavy atom. The summed E-state index contributed by atoms with van der Waals surface area (Å²) < 4.78 is 0. The predicted octanol–water partition coefficient (Wildman–Crippen LogP) is 12.3. The summed E-state index contributed by atoms with van der Waals surface area (Å²) in [6.07, 6.45) is 0. The molecule has 0 bridgehead atoms. The molecule has 0 spiro atoms. The minimum atomic E-state index is -1.00. The van der Waals surface area contributed by atoms with E-state index in [2.05, 4.69) is 61.5 Å². The first-order valence-corrected chi connectivity index (χ1v) is 18.6. The third kappa shape index (κ3) is 5.86. The molecule has 0 aliphatic rings. The third-order valence-corrected chi connectivity index (χ3v) is 13.4. The smallest absolute Gasteiger partial charge is 0.336 e. The number of carboxylic acid groups (broad SMARTS) is 1. The maximum absolute atomic E-state index is 13.4. The van der Waals surface area contributed by atoms with Gasteiger partial charge in [-0.15, -0.1) is 45.3 Å². The topological polar surface area (TPSA) is 80.4 Å². The molecule has 0 amide bonds. The SMILES string of the molecule is CC(=O)c1c(C)c(-c2ccc(-c3ccc(-c4ccc(N)cc4)s3)s2)c(C(=O)O)c(C)c1-c1ccc(-c2ccc(-c3ccc(C)cc3)s2)s1. The van der Waals surface area contributed by atoms with Gasteiger partial charge in [-0.1, -0.05) is 42.0 Å². The number of thiophene rings is 4. The summed E-state index contributed by atoms with van der Waals surface area (Å²) >= 11 is 6.55. The molecule has 3 N–H and O–H groups in total. The second-order valence-electron chi connectivity index (χ2n) is 11.8. The van der Waals surface area contributed by atoms with Crippen molar-refractivity contribution in [3.8, 4) is 61.3 Å². The lowest BCUT2D eigenvalue weighted by molar-refractivity contribution is 0.0696. The molecule has 0 aliphatic heterocycles. The van der Waals surface area contributed by atoms with E-state index in [1.807, 2.05) is 56.3 Å². The zero-order valence-corrected chi connectivity index (χ0v) is 30.0. The second kappa shape index (κ2) is 12.8. The van der Waals surface area contributed by atoms with Gasteiger partial charge in [-0.05, 0) is 111 Å². The molecule has 48 heavy (non-hydrogen) atoms. The first kappa shape index (κ1) is 32.0. The van der Waals surface area contributed by atoms with Gasteiger partial charge in [0.15, 0.2) is 5.78 Å². The normalized spacial score (nSPS) is 11.2. The number of benzene rings is 3. The number of anilines is 1. The lowest BCUT2D eigenvalue weighted by atomic mass is 9.85. The molecule has 0 saturated carbocycles. The predicted molar refractivity (Wildman–Crippen MR) is 206 cm³/mol. The van der Waals surface area contributed by atoms with Gasteiger partial charge in [-0.25, -0.2) is 4.79 Å². The second-order valence-corrected chi connectivity index (χ2v) is 16.1. The Bertz CT molecular complexity index is 2170. The number of aromatic carboxylic acids is 1. The molecular weight excluding hydrogens is 671 g/mol. The Hall–Kier alpha value is -4.60. The zero-order chi connectivity index (χ0) is 33.7. The number of carbonyl (C=O) groups excluding carboxylic acids is 1. The fourth-order valence-corrected chi connectivity index (χ4v) is 10.6. The van der Waals surface area contributed by atoms with E-state index in [0.29, 0.717) is 27.8 Å². The number of hydrogen-bond donors (Lipinski definition) is 2. The number of rotatable bonds is 8. The number of aryl methyl sites for hydroxylation is 1. The molecule has 238 valence electrons. The van der Waals surface area contributed by atoms with Gasteiger partial charge < -0.3 is 10.8 Å². The Labute approximate surface area is 295 Å². The summed E-state index contributed by atoms with van der Waals surface area (Å²) in [7, 11) is 0. The van der Waals surface area contributed by atoms with Crippen LogP contribution in [0.15, 0.2) is 97.1 Å². The van der Waals surface area contributed by atoms with Gasteiger partial charge in [0.1, 0.15) is 0 Å². The van der Waals surface area contributed by atoms with Crippen LogP contribution in [0.1, 0.15) is 44.3 Å². The van der Waals surface area contributed by atoms with Crippen molar-refractivity contribution < 1.29 is 14.7 Å². The summed E-state index contributed by atoms with van der Waals surface area (Å²) in [6.45, 7) is 7.37. The Balaban J connectivity index is 1.28. The summed E-state index contributed by atoms with van der Waals surface area (Å²) in [5, 5.41) is 10.6. The average Bonchev–Trinajstić information content (AvgIpc) is 3.88. The van der Waals surface area contributed by atoms with Crippen LogP contribution in [0, 0.1) is 20.8 Å². The van der Waals surface area contributed by atoms with Crippen LogP contribution in [0.4, 0.5) is 5.69 Å². The minimum absolute atomic E-state index is 0.0836. The molecule has 0 unspecified atom stereocenters. The first-order chi connectivity index (χ1) is 23.1. The number of nitrogen functional groups attached to an aromatic ring is 1. The van der Waals surface area contributed by atoms with E-state index in [0.717, 1.165) is 45.4 Å². The average molecular weight is 702 g/mol. The van der Waals surface area contributed by atoms with Gasteiger partial charge in [0.25, 0.3) is 0 Å². The van der Waals surface area contributed by atoms with Gasteiger partial charge in [-0.3, -0.25) is 4.79 Å². The van der Waals surface area contributed by atoms with Gasteiger partial charge in [0.05, 0.1) is 5.56 Å². The molecule has 0 atom stereocenters. The van der Waals surface area contributed by atoms with Gasteiger partial charge >= 0.3 is 5.97 Å². The third-order valence-electron chi connectivity index (χ3n) is 8.50. The largest absolute Gasteiger partial charge is 0.478 e. The highest BCUT2D eigenvalue weighted by atomic mass is 32.1. The molecule has 3 aromatic carbocycles. The van der Waals surface area contributed by atoms with E-state index in [-0.39, 0.29) is 11.3 Å². The van der Waals surface area contributed by atoms with Crippen molar-refractivity contribution in [1.29, 1.82) is 0 Å². The van der Waals surface area contributed by atoms with Crippen molar-refractivity contribution in [2.45, 2.75) is 27.7 Å². The zero-order valence-electron chi connectivity index (χ0n) is 26.7. The molecule has 0 radical (unpaired) electrons. The summed E-state index contributed by atoms with van der Waals surface area (Å²) in [5.74, 6) is -1.09. The summed E-state index contributed by atoms with van der Waals surface area (Å²) in [4.78, 5) is 34.8. The number of carbonyl (C=O) groups is 2. The van der Waals surface area contributed by atoms with Crippen molar-refractivity contribution in [2.24, 2.45) is 0 Å². The van der Waals surface area contributed by atoms with E-state index in [1.165, 1.54) is 16.0 Å². The molecule has 7 rings (SSSR count). The van der Waals surface area contributed by atoms with Crippen LogP contribution >= 0.6 is 45.3 Å². The van der Waals surface area contributed by atoms with Crippen LogP contribution in [0.25, 0.3) is 61.3 Å². The highest BCUT2D eigenvalue weighted by Crippen LogP contribution is 2.48. The maximum Gasteiger partial charge on any atom is 0.336 e. The minimum Gasteiger partial charge on any atom is -0.478 e. The van der Waals surface area contributed by atoms with Crippen molar-refractivity contribution in [3.63, 3.8) is 0 Å². The summed E-state index contributed by atoms with van der Waals surface area (Å²) in [5.41, 5.74) is 13.5. The lowest BCUT2D eigenvalue weighted by Gasteiger charge is -2.20. The van der Waals surface area contributed by atoms with Crippen LogP contribution in [-0.4, -0.2) is 16.9 Å². The number of Topliss-reactive ketones (excluding diaryl/α,β-unsaturated/α-hetero) is 1. The van der Waals surface area contributed by atoms with Crippen LogP contribution in [0.5, 0.6) is 0 Å². The summed E-state index contributed by atoms with van der Waals surface area (Å²) in [6, 6.07) is 32.9. The van der Waals surface area contributed by atoms with Crippen LogP contribution in [0.3, 0.4) is 0 Å². The van der Waals surface area contributed by atoms with Crippen LogP contribution in [-0.2, 0) is 0 Å². The van der Waals surface area contributed by atoms with E-state index < -0.39 is 5.97 Å². The molecular formula is C40H31NO3S4. The molecule has 4 nitrogen and oxygen atoms in total. The van der Waals surface area contributed by atoms with E-state index in [1.54, 1.807) is 52.3 Å². The quantitative estimate of drug-likeness (QED) is 0.122. The Kier molecular flexibility index (Phi) is 8.51. The number of hydrogen-bond acceptors (Lipinski definition) is 7. The monoisotopic (exact) mass is 701 g/mol. The first-order valence-electron chi connectivity index (χ1n) is 15.3. The molecule has 0 fully saturated rings. The number of nitrogens with two attached hydrogens (primary N) is 1. The van der Waals surface area contributed by atoms with E-state index >= 15 is 0 Å². The molecule has 4 aromatic heterocycles. The van der Waals surface area contributed by atoms with Crippen LogP contribution < -0.4 is 5.73 Å². The van der Waals surface area contributed by atoms with E-state index in [4.69, 9.17) is 5.73 Å². The van der Waals surface area contributed by atoms with E-state index in [9.17, 15) is 14.7 Å². The maximum atomic E-state index is 13.4. The van der Waals surface area contributed by atoms with Gasteiger partial charge in [0, 0.05) is 61.4 Å². The fraction of sp³-hybridized carbons (Fsp3) is 0.100. The molecule has 0 aliphatic carbocycles. The highest BCUT2D eigenvalue weighted by molar-refractivity contribution is 7.26. The lowest BCUT2D eigenvalue weighted by Crippen LogP contribution is -2.11. The van der Waals surface area contributed by atoms with Gasteiger partial charge in [0.2, 0.25) is 0 Å². The Morgan fingerprint density at radius 2 is 0.854 bits per heavy atom. The van der Waals surface area contributed by atoms with Gasteiger partial charge in [-0.2, -0.15) is 0 Å². The molecule has 0 saturated heterocycles. The van der Waals surface area contributed by atoms with Crippen LogP contribution in [0.2, 0.25) is 0 Å². The van der Waals surface area contributed by atoms with Crippen molar-refractivity contribution >= 4 is 62.8 Å². The molecule has 7 aromatic rings. The fourth-order valence-electron chi connectivity index (χ4n) is 6.15. The standard InChI is InChI=1S/C40H31NO3S4/c1-21-5-7-25(8-6-21)28-13-15-30(45-28)32-17-19-34(47-32)37-23(3)39(40(43)44)38(22(2)36(37)24(4)42)35-20-18-33(48-35)31-16-14-29(46-31)26-9-11-27(41)12-10-26/h5-20H,41H2,1-4H3,(H,43,44). The van der Waals surface area contributed by atoms with Crippen molar-refractivity contribution in [3.05, 3.63) is 125 Å². The van der Waals surface area contributed by atoms with Crippen molar-refractivity contribution in [2.75, 3.05) is 5.73 Å². The molecule has 8 heteroatoms. The highest BCUT2D eigenvalue weighted by Gasteiger charge is 2.28. The molecule has 4 heterocycles.